The predicted octanol–water partition coefficient (Wildman–Crippen LogP) is 4.11. The number of fused-ring (bicyclic) bond motifs is 4. The number of benzene rings is 1. The minimum atomic E-state index is -0.0594. The third-order valence-electron chi connectivity index (χ3n) is 6.29. The van der Waals surface area contributed by atoms with Crippen LogP contribution in [-0.4, -0.2) is 65.4 Å². The summed E-state index contributed by atoms with van der Waals surface area (Å²) in [5.74, 6) is 0.752. The van der Waals surface area contributed by atoms with E-state index in [-0.39, 0.29) is 12.7 Å². The number of rotatable bonds is 3. The Kier molecular flexibility index (Phi) is 6.98. The first kappa shape index (κ1) is 24.4. The van der Waals surface area contributed by atoms with E-state index in [4.69, 9.17) is 14.9 Å². The first-order chi connectivity index (χ1) is 16.9. The van der Waals surface area contributed by atoms with Crippen molar-refractivity contribution < 1.29 is 9.84 Å². The Labute approximate surface area is 219 Å². The molecule has 2 unspecified atom stereocenters. The van der Waals surface area contributed by atoms with Crippen LogP contribution in [0.1, 0.15) is 29.6 Å². The van der Waals surface area contributed by atoms with Crippen molar-refractivity contribution in [1.82, 2.24) is 34.0 Å². The number of aromatic nitrogens is 6. The fourth-order valence-electron chi connectivity index (χ4n) is 4.72. The molecule has 184 valence electrons. The van der Waals surface area contributed by atoms with Gasteiger partial charge in [0, 0.05) is 31.1 Å². The molecule has 11 heteroatoms. The number of aliphatic hydroxyl groups is 1. The number of hydrogen-bond acceptors (Lipinski definition) is 6. The van der Waals surface area contributed by atoms with E-state index in [1.807, 2.05) is 29.3 Å². The average Bonchev–Trinajstić information content (AvgIpc) is 3.45. The molecular weight excluding hydrogens is 576 g/mol. The summed E-state index contributed by atoms with van der Waals surface area (Å²) in [6.45, 7) is 5.99. The van der Waals surface area contributed by atoms with Crippen molar-refractivity contribution in [2.24, 2.45) is 7.05 Å². The van der Waals surface area contributed by atoms with E-state index in [0.29, 0.717) is 19.5 Å². The molecule has 9 nitrogen and oxygen atoms in total. The van der Waals surface area contributed by atoms with Crippen molar-refractivity contribution >= 4 is 51.5 Å². The molecule has 1 aliphatic heterocycles. The molecule has 2 atom stereocenters. The highest BCUT2D eigenvalue weighted by atomic mass is 127. The van der Waals surface area contributed by atoms with Crippen LogP contribution in [0, 0.1) is 6.92 Å². The molecule has 35 heavy (non-hydrogen) atoms. The monoisotopic (exact) mass is 605 g/mol. The van der Waals surface area contributed by atoms with E-state index in [2.05, 4.69) is 76.4 Å². The van der Waals surface area contributed by atoms with Crippen molar-refractivity contribution in [3.63, 3.8) is 0 Å². The van der Waals surface area contributed by atoms with E-state index < -0.39 is 0 Å². The van der Waals surface area contributed by atoms with E-state index >= 15 is 0 Å². The van der Waals surface area contributed by atoms with Crippen molar-refractivity contribution in [1.29, 1.82) is 0 Å². The van der Waals surface area contributed by atoms with Crippen LogP contribution in [0.3, 0.4) is 0 Å². The Balaban J connectivity index is 1.72. The minimum absolute atomic E-state index is 0.0399. The molecule has 4 heterocycles. The zero-order valence-electron chi connectivity index (χ0n) is 20.2. The van der Waals surface area contributed by atoms with Gasteiger partial charge in [0.25, 0.3) is 0 Å². The van der Waals surface area contributed by atoms with Crippen LogP contribution >= 0.6 is 28.4 Å². The lowest BCUT2D eigenvalue weighted by molar-refractivity contribution is 0.146. The van der Waals surface area contributed by atoms with Crippen LogP contribution in [-0.2, 0) is 20.1 Å². The fourth-order valence-corrected chi connectivity index (χ4v) is 6.25. The lowest BCUT2D eigenvalue weighted by Gasteiger charge is -2.23. The molecule has 5 rings (SSSR count). The summed E-state index contributed by atoms with van der Waals surface area (Å²) in [6, 6.07) is 6.42. The van der Waals surface area contributed by atoms with E-state index in [1.54, 1.807) is 4.68 Å². The molecule has 0 saturated heterocycles. The lowest BCUT2D eigenvalue weighted by atomic mass is 10.0. The number of likely N-dealkylation sites (N-methyl/N-ethyl adjacent to an activating group) is 1. The normalized spacial score (nSPS) is 17.9. The third-order valence-corrected chi connectivity index (χ3v) is 8.16. The third kappa shape index (κ3) is 4.64. The molecule has 0 amide bonds. The van der Waals surface area contributed by atoms with Crippen molar-refractivity contribution in [3.8, 4) is 17.0 Å². The first-order valence-corrected chi connectivity index (χ1v) is 15.6. The number of ether oxygens (including phenoxy) is 1. The van der Waals surface area contributed by atoms with Crippen LogP contribution in [0.25, 0.3) is 34.2 Å². The highest BCUT2D eigenvalue weighted by Crippen LogP contribution is 2.36. The van der Waals surface area contributed by atoms with Gasteiger partial charge in [-0.2, -0.15) is 15.3 Å². The summed E-state index contributed by atoms with van der Waals surface area (Å²) in [5, 5.41) is 24.8. The molecule has 1 aliphatic rings. The van der Waals surface area contributed by atoms with Gasteiger partial charge in [-0.25, -0.2) is 9.13 Å². The Bertz CT molecular complexity index is 1410. The summed E-state index contributed by atoms with van der Waals surface area (Å²) >= 11 is 2.36. The van der Waals surface area contributed by atoms with Gasteiger partial charge in [0.2, 0.25) is 5.88 Å². The number of aliphatic hydroxyl groups excluding tert-OH is 1. The molecule has 1 aromatic carbocycles. The van der Waals surface area contributed by atoms with Gasteiger partial charge < -0.3 is 9.84 Å². The van der Waals surface area contributed by atoms with Crippen molar-refractivity contribution in [3.05, 3.63) is 47.0 Å². The van der Waals surface area contributed by atoms with Crippen molar-refractivity contribution in [2.75, 3.05) is 20.2 Å². The number of hydrogen-bond donors (Lipinski definition) is 1. The maximum absolute atomic E-state index is 9.62. The minimum Gasteiger partial charge on any atom is -0.473 e. The number of aryl methyl sites for hydroxylation is 2. The van der Waals surface area contributed by atoms with Gasteiger partial charge in [-0.15, -0.1) is 0 Å². The van der Waals surface area contributed by atoms with Gasteiger partial charge in [0.1, 0.15) is 6.10 Å². The second-order valence-corrected chi connectivity index (χ2v) is 11.0. The second kappa shape index (κ2) is 10.0. The smallest absolute Gasteiger partial charge is 0.219 e. The van der Waals surface area contributed by atoms with Crippen LogP contribution in [0.5, 0.6) is 5.88 Å². The first-order valence-electron chi connectivity index (χ1n) is 11.5. The molecule has 1 N–H and O–H groups in total. The molecule has 0 aliphatic carbocycles. The molecule has 2 bridgehead atoms. The van der Waals surface area contributed by atoms with Crippen LogP contribution in [0.15, 0.2) is 24.4 Å². The summed E-state index contributed by atoms with van der Waals surface area (Å²) in [4.78, 5) is 2.23. The maximum Gasteiger partial charge on any atom is 0.219 e. The Morgan fingerprint density at radius 1 is 1.23 bits per heavy atom. The predicted molar refractivity (Wildman–Crippen MR) is 149 cm³/mol. The van der Waals surface area contributed by atoms with Gasteiger partial charge >= 0.3 is 0 Å². The molecule has 4 aromatic rings. The quantitative estimate of drug-likeness (QED) is 0.280. The zero-order chi connectivity index (χ0) is 24.7. The lowest BCUT2D eigenvalue weighted by Crippen LogP contribution is -2.32. The van der Waals surface area contributed by atoms with Crippen LogP contribution in [0.4, 0.5) is 0 Å². The summed E-state index contributed by atoms with van der Waals surface area (Å²) in [5.41, 5.74) is 7.10. The Morgan fingerprint density at radius 2 is 2.06 bits per heavy atom. The number of nitrogens with zero attached hydrogens (tertiary/aromatic N) is 7. The summed E-state index contributed by atoms with van der Waals surface area (Å²) in [6.07, 6.45) is 6.50. The van der Waals surface area contributed by atoms with Gasteiger partial charge in [-0.05, 0) is 72.8 Å². The molecule has 3 aromatic heterocycles. The highest BCUT2D eigenvalue weighted by molar-refractivity contribution is 14.2. The van der Waals surface area contributed by atoms with Gasteiger partial charge in [-0.3, -0.25) is 9.58 Å². The average molecular weight is 605 g/mol. The standard InChI is InChI=1S/C24H29IN7O2P/c1-15-13-29(3)14-23-18(16(2)27-31(23)9-10-33)6-7-21-19-11-17(5-8-22(19)32(28-21)35-25)20-12-26-30(4)24(20)34-15/h5-8,11-12,15,33,35H,9-10,13-14H2,1-4H3/b7-6+. The molecule has 0 spiro atoms. The molecule has 0 radical (unpaired) electrons. The Morgan fingerprint density at radius 3 is 2.83 bits per heavy atom. The number of halogens is 1. The highest BCUT2D eigenvalue weighted by Gasteiger charge is 2.21. The molecular formula is C24H29IN7O2P. The van der Waals surface area contributed by atoms with Crippen LogP contribution < -0.4 is 4.74 Å². The maximum atomic E-state index is 9.62. The van der Waals surface area contributed by atoms with Gasteiger partial charge in [0.15, 0.2) is 0 Å². The fraction of sp³-hybridized carbons (Fsp3) is 0.375. The van der Waals surface area contributed by atoms with E-state index in [9.17, 15) is 5.11 Å². The SMILES string of the molecule is Cc1nn(CCO)c2c1/C=C/c1nn(PI)c3ccc(cc13)-c1cnn(C)c1OC(C)CN(C)C2. The topological polar surface area (TPSA) is 86.2 Å². The molecule has 0 saturated carbocycles. The zero-order valence-corrected chi connectivity index (χ0v) is 23.4. The van der Waals surface area contributed by atoms with Crippen LogP contribution in [0.2, 0.25) is 0 Å². The second-order valence-electron chi connectivity index (χ2n) is 8.95. The largest absolute Gasteiger partial charge is 0.473 e. The Hall–Kier alpha value is -2.27. The summed E-state index contributed by atoms with van der Waals surface area (Å²) < 4.78 is 12.2. The van der Waals surface area contributed by atoms with E-state index in [1.165, 1.54) is 0 Å². The summed E-state index contributed by atoms with van der Waals surface area (Å²) in [7, 11) is 3.99. The van der Waals surface area contributed by atoms with Gasteiger partial charge in [-0.1, -0.05) is 6.07 Å². The van der Waals surface area contributed by atoms with Crippen molar-refractivity contribution in [2.45, 2.75) is 33.0 Å². The van der Waals surface area contributed by atoms with Gasteiger partial charge in [0.05, 0.1) is 53.9 Å². The molecule has 0 fully saturated rings. The van der Waals surface area contributed by atoms with E-state index in [0.717, 1.165) is 57.1 Å².